The third-order valence-electron chi connectivity index (χ3n) is 6.85. The molecule has 2 heterocycles. The van der Waals surface area contributed by atoms with Crippen LogP contribution in [0.1, 0.15) is 48.9 Å². The number of aromatic nitrogens is 2. The molecule has 1 saturated carbocycles. The van der Waals surface area contributed by atoms with Gasteiger partial charge in [0.1, 0.15) is 17.9 Å². The van der Waals surface area contributed by atoms with Crippen LogP contribution in [0.25, 0.3) is 5.69 Å². The van der Waals surface area contributed by atoms with Crippen LogP contribution in [-0.4, -0.2) is 44.2 Å². The Balaban J connectivity index is 1.37. The minimum Gasteiger partial charge on any atom is -0.325 e. The summed E-state index contributed by atoms with van der Waals surface area (Å²) < 4.78 is 41.1. The van der Waals surface area contributed by atoms with Gasteiger partial charge in [0.25, 0.3) is 5.91 Å². The van der Waals surface area contributed by atoms with E-state index in [1.807, 2.05) is 42.0 Å². The number of benzene rings is 2. The summed E-state index contributed by atoms with van der Waals surface area (Å²) in [5.74, 6) is -0.924. The highest BCUT2D eigenvalue weighted by Crippen LogP contribution is 2.39. The van der Waals surface area contributed by atoms with Crippen molar-refractivity contribution in [1.29, 1.82) is 0 Å². The van der Waals surface area contributed by atoms with E-state index in [9.17, 15) is 22.8 Å². The molecule has 1 spiro atoms. The summed E-state index contributed by atoms with van der Waals surface area (Å²) in [6, 6.07) is 11.8. The van der Waals surface area contributed by atoms with Crippen LogP contribution in [0.4, 0.5) is 18.9 Å². The third kappa shape index (κ3) is 5.00. The number of anilines is 1. The zero-order chi connectivity index (χ0) is 26.2. The minimum atomic E-state index is -4.52. The molecule has 3 aromatic rings. The highest BCUT2D eigenvalue weighted by molar-refractivity contribution is 6.47. The van der Waals surface area contributed by atoms with Crippen molar-refractivity contribution in [3.05, 3.63) is 77.9 Å². The lowest BCUT2D eigenvalue weighted by Crippen LogP contribution is -2.51. The van der Waals surface area contributed by atoms with Gasteiger partial charge in [-0.15, -0.1) is 0 Å². The van der Waals surface area contributed by atoms with Gasteiger partial charge in [0.05, 0.1) is 17.6 Å². The van der Waals surface area contributed by atoms with E-state index in [2.05, 4.69) is 10.3 Å². The maximum Gasteiger partial charge on any atom is 0.416 e. The Morgan fingerprint density at radius 3 is 2.46 bits per heavy atom. The Bertz CT molecular complexity index is 1350. The Hall–Kier alpha value is -3.95. The highest BCUT2D eigenvalue weighted by Gasteiger charge is 2.48. The van der Waals surface area contributed by atoms with Crippen molar-refractivity contribution in [3.63, 3.8) is 0 Å². The van der Waals surface area contributed by atoms with Gasteiger partial charge in [0.2, 0.25) is 5.91 Å². The smallest absolute Gasteiger partial charge is 0.325 e. The van der Waals surface area contributed by atoms with E-state index in [1.54, 1.807) is 6.33 Å². The number of nitrogens with one attached hydrogen (secondary N) is 1. The van der Waals surface area contributed by atoms with Gasteiger partial charge in [-0.05, 0) is 62.9 Å². The second kappa shape index (κ2) is 9.49. The fourth-order valence-corrected chi connectivity index (χ4v) is 5.01. The van der Waals surface area contributed by atoms with Crippen molar-refractivity contribution in [3.8, 4) is 5.69 Å². The second-order valence-corrected chi connectivity index (χ2v) is 9.49. The number of aliphatic imine (C=N–C) groups is 1. The number of nitrogens with zero attached hydrogens (tertiary/aromatic N) is 4. The highest BCUT2D eigenvalue weighted by atomic mass is 19.4. The Labute approximate surface area is 212 Å². The van der Waals surface area contributed by atoms with E-state index >= 15 is 0 Å². The van der Waals surface area contributed by atoms with E-state index < -0.39 is 23.3 Å². The molecule has 0 bridgehead atoms. The summed E-state index contributed by atoms with van der Waals surface area (Å²) in [7, 11) is 0. The lowest BCUT2D eigenvalue weighted by atomic mass is 9.88. The Kier molecular flexibility index (Phi) is 6.35. The van der Waals surface area contributed by atoms with E-state index in [0.29, 0.717) is 24.1 Å². The number of carbonyl (C=O) groups excluding carboxylic acids is 2. The maximum absolute atomic E-state index is 13.6. The third-order valence-corrected chi connectivity index (χ3v) is 6.85. The summed E-state index contributed by atoms with van der Waals surface area (Å²) in [4.78, 5) is 37.0. The van der Waals surface area contributed by atoms with Crippen LogP contribution in [-0.2, 0) is 15.8 Å². The van der Waals surface area contributed by atoms with Crippen LogP contribution < -0.4 is 5.32 Å². The predicted octanol–water partition coefficient (Wildman–Crippen LogP) is 5.13. The van der Waals surface area contributed by atoms with Crippen LogP contribution in [0.3, 0.4) is 0 Å². The summed E-state index contributed by atoms with van der Waals surface area (Å²) in [6.07, 6.45) is 3.11. The van der Waals surface area contributed by atoms with Crippen molar-refractivity contribution in [1.82, 2.24) is 14.5 Å². The van der Waals surface area contributed by atoms with Gasteiger partial charge < -0.3 is 14.8 Å². The molecule has 1 N–H and O–H groups in total. The molecule has 37 heavy (non-hydrogen) atoms. The number of carbonyl (C=O) groups is 2. The van der Waals surface area contributed by atoms with Crippen molar-refractivity contribution >= 4 is 23.2 Å². The molecule has 0 saturated heterocycles. The van der Waals surface area contributed by atoms with Gasteiger partial charge in [0, 0.05) is 23.1 Å². The average Bonchev–Trinajstić information content (AvgIpc) is 3.41. The molecule has 1 aliphatic carbocycles. The molecule has 0 atom stereocenters. The summed E-state index contributed by atoms with van der Waals surface area (Å²) in [5.41, 5.74) is 1.06. The zero-order valence-corrected chi connectivity index (χ0v) is 20.3. The van der Waals surface area contributed by atoms with E-state index in [4.69, 9.17) is 4.99 Å². The largest absolute Gasteiger partial charge is 0.416 e. The normalized spacial score (nSPS) is 17.2. The Morgan fingerprint density at radius 1 is 1.08 bits per heavy atom. The molecule has 2 amide bonds. The first kappa shape index (κ1) is 24.7. The van der Waals surface area contributed by atoms with Gasteiger partial charge in [-0.2, -0.15) is 13.2 Å². The van der Waals surface area contributed by atoms with Gasteiger partial charge >= 0.3 is 6.18 Å². The Morgan fingerprint density at radius 2 is 1.81 bits per heavy atom. The molecule has 10 heteroatoms. The SMILES string of the molecule is Cc1cn(-c2ccc(C3=NC4(CCCCC4)N(CC(=O)Nc4cccc(C(F)(F)F)c4)C3=O)cc2)cn1. The number of alkyl halides is 3. The predicted molar refractivity (Wildman–Crippen MR) is 132 cm³/mol. The van der Waals surface area contributed by atoms with Crippen LogP contribution in [0.2, 0.25) is 0 Å². The molecule has 1 aromatic heterocycles. The van der Waals surface area contributed by atoms with Crippen molar-refractivity contribution < 1.29 is 22.8 Å². The van der Waals surface area contributed by atoms with Crippen LogP contribution in [0.5, 0.6) is 0 Å². The molecule has 192 valence electrons. The summed E-state index contributed by atoms with van der Waals surface area (Å²) in [6.45, 7) is 1.60. The number of halogens is 3. The lowest BCUT2D eigenvalue weighted by molar-refractivity contribution is -0.137. The molecule has 1 fully saturated rings. The first-order valence-electron chi connectivity index (χ1n) is 12.1. The van der Waals surface area contributed by atoms with Gasteiger partial charge in [-0.25, -0.2) is 4.98 Å². The zero-order valence-electron chi connectivity index (χ0n) is 20.3. The molecule has 1 aliphatic heterocycles. The van der Waals surface area contributed by atoms with Crippen LogP contribution in [0, 0.1) is 6.92 Å². The standard InChI is InChI=1S/C27H26F3N5O2/c1-18-15-34(17-31-18)22-10-8-19(9-11-22)24-25(37)35(26(33-24)12-3-2-4-13-26)16-23(36)32-21-7-5-6-20(14-21)27(28,29)30/h5-11,14-15,17H,2-4,12-13,16H2,1H3,(H,32,36). The number of hydrogen-bond donors (Lipinski definition) is 1. The number of aryl methyl sites for hydroxylation is 1. The number of hydrogen-bond acceptors (Lipinski definition) is 4. The van der Waals surface area contributed by atoms with Crippen molar-refractivity contribution in [2.75, 3.05) is 11.9 Å². The first-order valence-corrected chi connectivity index (χ1v) is 12.1. The van der Waals surface area contributed by atoms with Gasteiger partial charge in [-0.1, -0.05) is 24.6 Å². The molecule has 5 rings (SSSR count). The van der Waals surface area contributed by atoms with Crippen LogP contribution in [0.15, 0.2) is 66.0 Å². The molecule has 7 nitrogen and oxygen atoms in total. The summed E-state index contributed by atoms with van der Waals surface area (Å²) >= 11 is 0. The van der Waals surface area contributed by atoms with E-state index in [1.165, 1.54) is 17.0 Å². The second-order valence-electron chi connectivity index (χ2n) is 9.49. The molecule has 0 unspecified atom stereocenters. The van der Waals surface area contributed by atoms with Crippen LogP contribution >= 0.6 is 0 Å². The molecular weight excluding hydrogens is 483 g/mol. The molecule has 2 aliphatic rings. The average molecular weight is 510 g/mol. The molecular formula is C27H26F3N5O2. The maximum atomic E-state index is 13.6. The fraction of sp³-hybridized carbons (Fsp3) is 0.333. The number of rotatable bonds is 5. The van der Waals surface area contributed by atoms with Gasteiger partial charge in [0.15, 0.2) is 0 Å². The van der Waals surface area contributed by atoms with Crippen molar-refractivity contribution in [2.24, 2.45) is 4.99 Å². The van der Waals surface area contributed by atoms with E-state index in [-0.39, 0.29) is 18.1 Å². The quantitative estimate of drug-likeness (QED) is 0.518. The van der Waals surface area contributed by atoms with Crippen molar-refractivity contribution in [2.45, 2.75) is 50.9 Å². The van der Waals surface area contributed by atoms with E-state index in [0.717, 1.165) is 42.8 Å². The fourth-order valence-electron chi connectivity index (χ4n) is 5.01. The lowest BCUT2D eigenvalue weighted by Gasteiger charge is -2.38. The monoisotopic (exact) mass is 509 g/mol. The first-order chi connectivity index (χ1) is 17.6. The van der Waals surface area contributed by atoms with Gasteiger partial charge in [-0.3, -0.25) is 14.6 Å². The summed E-state index contributed by atoms with van der Waals surface area (Å²) in [5, 5.41) is 2.51. The minimum absolute atomic E-state index is 0.0237. The number of amides is 2. The number of imidazole rings is 1. The topological polar surface area (TPSA) is 79.6 Å². The molecule has 2 aromatic carbocycles. The molecule has 0 radical (unpaired) electrons.